The maximum Gasteiger partial charge on any atom is 0.128 e. The van der Waals surface area contributed by atoms with Gasteiger partial charge in [0.2, 0.25) is 0 Å². The van der Waals surface area contributed by atoms with Crippen molar-refractivity contribution in [3.63, 3.8) is 0 Å². The highest BCUT2D eigenvalue weighted by molar-refractivity contribution is 5.95. The molecule has 1 aliphatic rings. The number of rotatable bonds is 2. The van der Waals surface area contributed by atoms with Crippen molar-refractivity contribution in [2.75, 3.05) is 6.61 Å². The molecule has 1 aliphatic carbocycles. The highest BCUT2D eigenvalue weighted by atomic mass is 16.3. The second kappa shape index (κ2) is 3.42. The van der Waals surface area contributed by atoms with E-state index in [0.29, 0.717) is 0 Å². The fraction of sp³-hybridized carbons (Fsp3) is 0.214. The third-order valence-corrected chi connectivity index (χ3v) is 3.50. The first-order valence-electron chi connectivity index (χ1n) is 5.44. The van der Waals surface area contributed by atoms with Crippen LogP contribution in [0.1, 0.15) is 23.0 Å². The third kappa shape index (κ3) is 1.08. The molecule has 0 spiro atoms. The van der Waals surface area contributed by atoms with Crippen LogP contribution in [-0.4, -0.2) is 18.0 Å². The van der Waals surface area contributed by atoms with Crippen molar-refractivity contribution in [1.82, 2.24) is 0 Å². The Hall–Kier alpha value is -1.67. The second-order valence-electron chi connectivity index (χ2n) is 4.24. The van der Waals surface area contributed by atoms with E-state index in [1.807, 2.05) is 36.4 Å². The van der Waals surface area contributed by atoms with E-state index in [4.69, 9.17) is 0 Å². The molecule has 3 rings (SSSR count). The molecular formula is C14H12O2. The van der Waals surface area contributed by atoms with Crippen LogP contribution < -0.4 is 0 Å². The molecule has 2 heteroatoms. The zero-order valence-corrected chi connectivity index (χ0v) is 8.76. The molecule has 2 aromatic carbocycles. The molecule has 2 atom stereocenters. The minimum Gasteiger partial charge on any atom is -0.396 e. The molecule has 0 saturated carbocycles. The Balaban J connectivity index is 2.38. The summed E-state index contributed by atoms with van der Waals surface area (Å²) in [6.45, 7) is 0.0250. The summed E-state index contributed by atoms with van der Waals surface area (Å²) < 4.78 is 0. The van der Waals surface area contributed by atoms with E-state index >= 15 is 0 Å². The zero-order valence-electron chi connectivity index (χ0n) is 8.76. The van der Waals surface area contributed by atoms with E-state index in [-0.39, 0.29) is 18.4 Å². The lowest BCUT2D eigenvalue weighted by Gasteiger charge is -2.12. The van der Waals surface area contributed by atoms with Gasteiger partial charge < -0.3 is 9.90 Å². The molecule has 0 saturated heterocycles. The first kappa shape index (κ1) is 9.55. The van der Waals surface area contributed by atoms with Gasteiger partial charge in [0.25, 0.3) is 0 Å². The zero-order chi connectivity index (χ0) is 11.1. The SMILES string of the molecule is O=CC1c2cccc3cccc(c23)C1CO. The number of carbonyl (C=O) groups is 1. The first-order chi connectivity index (χ1) is 7.86. The summed E-state index contributed by atoms with van der Waals surface area (Å²) in [5.41, 5.74) is 2.16. The molecule has 16 heavy (non-hydrogen) atoms. The van der Waals surface area contributed by atoms with Gasteiger partial charge in [0, 0.05) is 11.8 Å². The summed E-state index contributed by atoms with van der Waals surface area (Å²) in [6, 6.07) is 12.0. The van der Waals surface area contributed by atoms with E-state index in [2.05, 4.69) is 0 Å². The standard InChI is InChI=1S/C14H12O2/c15-7-12-10-5-1-3-9-4-2-6-11(14(9)10)13(12)8-16/h1-7,12-13,16H,8H2. The van der Waals surface area contributed by atoms with Crippen LogP contribution in [0.2, 0.25) is 0 Å². The number of hydrogen-bond donors (Lipinski definition) is 1. The quantitative estimate of drug-likeness (QED) is 0.775. The molecule has 0 radical (unpaired) electrons. The van der Waals surface area contributed by atoms with Gasteiger partial charge in [0.15, 0.2) is 0 Å². The van der Waals surface area contributed by atoms with Crippen LogP contribution >= 0.6 is 0 Å². The molecule has 0 bridgehead atoms. The lowest BCUT2D eigenvalue weighted by molar-refractivity contribution is -0.109. The average molecular weight is 212 g/mol. The summed E-state index contributed by atoms with van der Waals surface area (Å²) in [6.07, 6.45) is 0.954. The molecule has 0 aliphatic heterocycles. The van der Waals surface area contributed by atoms with Gasteiger partial charge in [-0.2, -0.15) is 0 Å². The number of aliphatic hydroxyl groups is 1. The predicted molar refractivity (Wildman–Crippen MR) is 62.6 cm³/mol. The van der Waals surface area contributed by atoms with Crippen LogP contribution in [0.3, 0.4) is 0 Å². The summed E-state index contributed by atoms with van der Waals surface area (Å²) in [5, 5.41) is 11.7. The fourth-order valence-electron chi connectivity index (χ4n) is 2.78. The second-order valence-corrected chi connectivity index (χ2v) is 4.24. The van der Waals surface area contributed by atoms with Gasteiger partial charge in [-0.05, 0) is 21.9 Å². The van der Waals surface area contributed by atoms with Gasteiger partial charge >= 0.3 is 0 Å². The van der Waals surface area contributed by atoms with E-state index < -0.39 is 0 Å². The van der Waals surface area contributed by atoms with Gasteiger partial charge in [-0.3, -0.25) is 0 Å². The fourth-order valence-corrected chi connectivity index (χ4v) is 2.78. The Morgan fingerprint density at radius 3 is 2.44 bits per heavy atom. The Kier molecular flexibility index (Phi) is 2.04. The average Bonchev–Trinajstić information content (AvgIpc) is 2.65. The third-order valence-electron chi connectivity index (χ3n) is 3.50. The number of aliphatic hydroxyl groups excluding tert-OH is 1. The number of benzene rings is 2. The molecule has 0 heterocycles. The normalized spacial score (nSPS) is 22.6. The molecule has 80 valence electrons. The van der Waals surface area contributed by atoms with Crippen LogP contribution in [0.15, 0.2) is 36.4 Å². The molecule has 0 amide bonds. The maximum absolute atomic E-state index is 11.2. The summed E-state index contributed by atoms with van der Waals surface area (Å²) in [7, 11) is 0. The predicted octanol–water partition coefficient (Wildman–Crippen LogP) is 2.21. The van der Waals surface area contributed by atoms with Crippen LogP contribution in [-0.2, 0) is 4.79 Å². The Morgan fingerprint density at radius 2 is 1.81 bits per heavy atom. The topological polar surface area (TPSA) is 37.3 Å². The Bertz CT molecular complexity index is 554. The first-order valence-corrected chi connectivity index (χ1v) is 5.44. The number of aldehydes is 1. The minimum atomic E-state index is -0.189. The van der Waals surface area contributed by atoms with Gasteiger partial charge in [-0.15, -0.1) is 0 Å². The van der Waals surface area contributed by atoms with Crippen LogP contribution in [0.25, 0.3) is 10.8 Å². The lowest BCUT2D eigenvalue weighted by Crippen LogP contribution is -2.10. The molecule has 0 aromatic heterocycles. The van der Waals surface area contributed by atoms with Crippen LogP contribution in [0.4, 0.5) is 0 Å². The summed E-state index contributed by atoms with van der Waals surface area (Å²) in [4.78, 5) is 11.2. The highest BCUT2D eigenvalue weighted by Gasteiger charge is 2.33. The highest BCUT2D eigenvalue weighted by Crippen LogP contribution is 2.45. The van der Waals surface area contributed by atoms with Crippen molar-refractivity contribution in [3.05, 3.63) is 47.5 Å². The van der Waals surface area contributed by atoms with E-state index in [0.717, 1.165) is 28.2 Å². The van der Waals surface area contributed by atoms with Gasteiger partial charge in [-0.1, -0.05) is 36.4 Å². The van der Waals surface area contributed by atoms with E-state index in [1.165, 1.54) is 0 Å². The van der Waals surface area contributed by atoms with Crippen molar-refractivity contribution in [1.29, 1.82) is 0 Å². The van der Waals surface area contributed by atoms with Crippen LogP contribution in [0, 0.1) is 0 Å². The Labute approximate surface area is 93.5 Å². The van der Waals surface area contributed by atoms with Gasteiger partial charge in [0.1, 0.15) is 6.29 Å². The lowest BCUT2D eigenvalue weighted by atomic mass is 9.92. The summed E-state index contributed by atoms with van der Waals surface area (Å²) >= 11 is 0. The number of hydrogen-bond acceptors (Lipinski definition) is 2. The van der Waals surface area contributed by atoms with Gasteiger partial charge in [0.05, 0.1) is 6.61 Å². The van der Waals surface area contributed by atoms with Crippen LogP contribution in [0.5, 0.6) is 0 Å². The molecule has 2 nitrogen and oxygen atoms in total. The van der Waals surface area contributed by atoms with E-state index in [1.54, 1.807) is 0 Å². The molecule has 2 aromatic rings. The molecule has 2 unspecified atom stereocenters. The largest absolute Gasteiger partial charge is 0.396 e. The molecular weight excluding hydrogens is 200 g/mol. The van der Waals surface area contributed by atoms with E-state index in [9.17, 15) is 9.90 Å². The smallest absolute Gasteiger partial charge is 0.128 e. The maximum atomic E-state index is 11.2. The van der Waals surface area contributed by atoms with Gasteiger partial charge in [-0.25, -0.2) is 0 Å². The minimum absolute atomic E-state index is 0.0250. The monoisotopic (exact) mass is 212 g/mol. The molecule has 0 fully saturated rings. The number of carbonyl (C=O) groups excluding carboxylic acids is 1. The van der Waals surface area contributed by atoms with Crippen molar-refractivity contribution < 1.29 is 9.90 Å². The Morgan fingerprint density at radius 1 is 1.12 bits per heavy atom. The summed E-state index contributed by atoms with van der Waals surface area (Å²) in [5.74, 6) is -0.260. The molecule has 1 N–H and O–H groups in total. The van der Waals surface area contributed by atoms with Crippen molar-refractivity contribution in [2.24, 2.45) is 0 Å². The van der Waals surface area contributed by atoms with Crippen molar-refractivity contribution in [2.45, 2.75) is 11.8 Å². The van der Waals surface area contributed by atoms with Crippen molar-refractivity contribution in [3.8, 4) is 0 Å². The van der Waals surface area contributed by atoms with Crippen molar-refractivity contribution >= 4 is 17.1 Å².